The Bertz CT molecular complexity index is 700. The highest BCUT2D eigenvalue weighted by Gasteiger charge is 2.09. The summed E-state index contributed by atoms with van der Waals surface area (Å²) in [5, 5.41) is 0. The molecule has 0 aliphatic rings. The topological polar surface area (TPSA) is 65.7 Å². The summed E-state index contributed by atoms with van der Waals surface area (Å²) >= 11 is 3.16. The highest BCUT2D eigenvalue weighted by atomic mass is 79.9. The molecule has 1 aromatic carbocycles. The molecule has 0 spiro atoms. The second kappa shape index (κ2) is 8.33. The molecule has 0 fully saturated rings. The number of hydrogen-bond donors (Lipinski definition) is 0. The normalized spacial score (nSPS) is 10.7. The average molecular weight is 379 g/mol. The molecule has 5 nitrogen and oxygen atoms in total. The van der Waals surface area contributed by atoms with Gasteiger partial charge in [-0.2, -0.15) is 0 Å². The molecule has 0 aliphatic carbocycles. The molecule has 23 heavy (non-hydrogen) atoms. The summed E-state index contributed by atoms with van der Waals surface area (Å²) in [7, 11) is 0. The highest BCUT2D eigenvalue weighted by Crippen LogP contribution is 2.15. The van der Waals surface area contributed by atoms with Crippen LogP contribution in [-0.2, 0) is 9.53 Å². The van der Waals surface area contributed by atoms with Crippen LogP contribution in [0.1, 0.15) is 23.0 Å². The number of esters is 1. The van der Waals surface area contributed by atoms with Crippen LogP contribution in [0.15, 0.2) is 51.6 Å². The van der Waals surface area contributed by atoms with Crippen molar-refractivity contribution in [1.29, 1.82) is 0 Å². The molecule has 6 heteroatoms. The van der Waals surface area contributed by atoms with E-state index in [9.17, 15) is 9.59 Å². The Labute approximate surface area is 142 Å². The van der Waals surface area contributed by atoms with Crippen molar-refractivity contribution in [3.8, 4) is 5.75 Å². The summed E-state index contributed by atoms with van der Waals surface area (Å²) in [5.41, 5.74) is 0.459. The monoisotopic (exact) mass is 378 g/mol. The number of Topliss-reactive ketones (excluding diaryl/α,β-unsaturated/α-hetero) is 1. The van der Waals surface area contributed by atoms with Crippen LogP contribution in [0.4, 0.5) is 0 Å². The van der Waals surface area contributed by atoms with E-state index in [1.807, 2.05) is 6.92 Å². The molecule has 0 saturated heterocycles. The predicted molar refractivity (Wildman–Crippen MR) is 88.3 cm³/mol. The molecule has 0 bridgehead atoms. The van der Waals surface area contributed by atoms with Gasteiger partial charge in [-0.1, -0.05) is 0 Å². The number of halogens is 1. The van der Waals surface area contributed by atoms with Gasteiger partial charge in [-0.3, -0.25) is 4.79 Å². The van der Waals surface area contributed by atoms with Crippen LogP contribution in [0.25, 0.3) is 6.08 Å². The number of ether oxygens (including phenoxy) is 2. The maximum Gasteiger partial charge on any atom is 0.331 e. The largest absolute Gasteiger partial charge is 0.494 e. The van der Waals surface area contributed by atoms with Gasteiger partial charge in [0.1, 0.15) is 11.5 Å². The number of furan rings is 1. The first-order valence-electron chi connectivity index (χ1n) is 6.94. The van der Waals surface area contributed by atoms with Crippen LogP contribution in [0.3, 0.4) is 0 Å². The molecule has 2 rings (SSSR count). The molecule has 0 unspecified atom stereocenters. The lowest BCUT2D eigenvalue weighted by Gasteiger charge is -2.04. The molecule has 0 N–H and O–H groups in total. The lowest BCUT2D eigenvalue weighted by Crippen LogP contribution is -2.12. The minimum absolute atomic E-state index is 0.282. The van der Waals surface area contributed by atoms with Gasteiger partial charge in [0, 0.05) is 11.6 Å². The fraction of sp³-hybridized carbons (Fsp3) is 0.176. The molecular weight excluding hydrogens is 364 g/mol. The van der Waals surface area contributed by atoms with Crippen LogP contribution < -0.4 is 4.74 Å². The van der Waals surface area contributed by atoms with E-state index in [2.05, 4.69) is 15.9 Å². The summed E-state index contributed by atoms with van der Waals surface area (Å²) in [4.78, 5) is 23.5. The molecular formula is C17H15BrO5. The molecule has 0 radical (unpaired) electrons. The standard InChI is InChI=1S/C17H15BrO5/c1-2-21-13-5-3-12(4-6-13)15(19)11-22-17(20)10-8-14-7-9-16(18)23-14/h3-10H,2,11H2,1H3/b10-8+. The zero-order valence-electron chi connectivity index (χ0n) is 12.5. The summed E-state index contributed by atoms with van der Waals surface area (Å²) in [5.74, 6) is 0.299. The maximum absolute atomic E-state index is 11.9. The maximum atomic E-state index is 11.9. The molecule has 0 atom stereocenters. The van der Waals surface area contributed by atoms with Crippen molar-refractivity contribution in [2.24, 2.45) is 0 Å². The molecule has 0 amide bonds. The van der Waals surface area contributed by atoms with Crippen molar-refractivity contribution in [2.45, 2.75) is 6.92 Å². The lowest BCUT2D eigenvalue weighted by molar-refractivity contribution is -0.136. The third kappa shape index (κ3) is 5.41. The molecule has 0 saturated carbocycles. The van der Waals surface area contributed by atoms with Gasteiger partial charge in [0.05, 0.1) is 6.61 Å². The number of ketones is 1. The number of hydrogen-bond acceptors (Lipinski definition) is 5. The van der Waals surface area contributed by atoms with E-state index >= 15 is 0 Å². The Morgan fingerprint density at radius 1 is 1.17 bits per heavy atom. The van der Waals surface area contributed by atoms with Crippen LogP contribution >= 0.6 is 15.9 Å². The van der Waals surface area contributed by atoms with Crippen molar-refractivity contribution < 1.29 is 23.5 Å². The summed E-state index contributed by atoms with van der Waals surface area (Å²) in [6.45, 7) is 2.12. The summed E-state index contributed by atoms with van der Waals surface area (Å²) in [6.07, 6.45) is 2.67. The second-order valence-corrected chi connectivity index (χ2v) is 5.25. The fourth-order valence-electron chi connectivity index (χ4n) is 1.74. The van der Waals surface area contributed by atoms with E-state index in [0.29, 0.717) is 28.3 Å². The van der Waals surface area contributed by atoms with Gasteiger partial charge in [-0.05, 0) is 65.3 Å². The van der Waals surface area contributed by atoms with Crippen LogP contribution in [0, 0.1) is 0 Å². The van der Waals surface area contributed by atoms with Gasteiger partial charge in [-0.25, -0.2) is 4.79 Å². The third-order valence-electron chi connectivity index (χ3n) is 2.81. The van der Waals surface area contributed by atoms with Crippen molar-refractivity contribution >= 4 is 33.8 Å². The van der Waals surface area contributed by atoms with Crippen molar-refractivity contribution in [3.63, 3.8) is 0 Å². The van der Waals surface area contributed by atoms with E-state index in [4.69, 9.17) is 13.9 Å². The summed E-state index contributed by atoms with van der Waals surface area (Å²) in [6, 6.07) is 10.1. The third-order valence-corrected chi connectivity index (χ3v) is 3.24. The van der Waals surface area contributed by atoms with Crippen molar-refractivity contribution in [3.05, 3.63) is 58.5 Å². The van der Waals surface area contributed by atoms with E-state index in [1.54, 1.807) is 36.4 Å². The SMILES string of the molecule is CCOc1ccc(C(=O)COC(=O)/C=C/c2ccc(Br)o2)cc1. The second-order valence-electron chi connectivity index (χ2n) is 4.46. The first-order chi connectivity index (χ1) is 11.1. The number of carbonyl (C=O) groups excluding carboxylic acids is 2. The first-order valence-corrected chi connectivity index (χ1v) is 7.74. The van der Waals surface area contributed by atoms with Gasteiger partial charge in [0.2, 0.25) is 0 Å². The zero-order chi connectivity index (χ0) is 16.7. The van der Waals surface area contributed by atoms with E-state index < -0.39 is 5.97 Å². The van der Waals surface area contributed by atoms with Gasteiger partial charge in [0.25, 0.3) is 0 Å². The predicted octanol–water partition coefficient (Wildman–Crippen LogP) is 3.88. The van der Waals surface area contributed by atoms with Gasteiger partial charge in [0.15, 0.2) is 17.1 Å². The van der Waals surface area contributed by atoms with Crippen LogP contribution in [0.5, 0.6) is 5.75 Å². The summed E-state index contributed by atoms with van der Waals surface area (Å²) < 4.78 is 16.0. The molecule has 2 aromatic rings. The smallest absolute Gasteiger partial charge is 0.331 e. The van der Waals surface area contributed by atoms with Crippen LogP contribution in [0.2, 0.25) is 0 Å². The lowest BCUT2D eigenvalue weighted by atomic mass is 10.1. The van der Waals surface area contributed by atoms with Gasteiger partial charge in [-0.15, -0.1) is 0 Å². The Morgan fingerprint density at radius 2 is 1.91 bits per heavy atom. The van der Waals surface area contributed by atoms with E-state index in [0.717, 1.165) is 0 Å². The first kappa shape index (κ1) is 17.0. The van der Waals surface area contributed by atoms with Crippen LogP contribution in [-0.4, -0.2) is 25.0 Å². The molecule has 0 aliphatic heterocycles. The van der Waals surface area contributed by atoms with Crippen molar-refractivity contribution in [2.75, 3.05) is 13.2 Å². The fourth-order valence-corrected chi connectivity index (χ4v) is 2.06. The average Bonchev–Trinajstić information content (AvgIpc) is 2.97. The van der Waals surface area contributed by atoms with Crippen molar-refractivity contribution in [1.82, 2.24) is 0 Å². The Balaban J connectivity index is 1.83. The van der Waals surface area contributed by atoms with Gasteiger partial charge < -0.3 is 13.9 Å². The number of benzene rings is 1. The van der Waals surface area contributed by atoms with Gasteiger partial charge >= 0.3 is 5.97 Å². The Kier molecular flexibility index (Phi) is 6.17. The highest BCUT2D eigenvalue weighted by molar-refractivity contribution is 9.10. The molecule has 120 valence electrons. The zero-order valence-corrected chi connectivity index (χ0v) is 14.0. The molecule has 1 aromatic heterocycles. The minimum atomic E-state index is -0.614. The molecule has 1 heterocycles. The van der Waals surface area contributed by atoms with E-state index in [-0.39, 0.29) is 12.4 Å². The number of rotatable bonds is 7. The minimum Gasteiger partial charge on any atom is -0.494 e. The quantitative estimate of drug-likeness (QED) is 0.415. The number of carbonyl (C=O) groups is 2. The Hall–Kier alpha value is -2.34. The van der Waals surface area contributed by atoms with E-state index in [1.165, 1.54) is 12.2 Å². The Morgan fingerprint density at radius 3 is 2.52 bits per heavy atom.